The highest BCUT2D eigenvalue weighted by Gasteiger charge is 2.21. The summed E-state index contributed by atoms with van der Waals surface area (Å²) >= 11 is 1.72. The maximum Gasteiger partial charge on any atom is 0.152 e. The van der Waals surface area contributed by atoms with Gasteiger partial charge in [0.25, 0.3) is 0 Å². The molecule has 8 heteroatoms. The van der Waals surface area contributed by atoms with Crippen molar-refractivity contribution >= 4 is 32.8 Å². The molecule has 1 aliphatic rings. The summed E-state index contributed by atoms with van der Waals surface area (Å²) in [5, 5.41) is 5.72. The second-order valence-electron chi connectivity index (χ2n) is 8.03. The lowest BCUT2D eigenvalue weighted by Crippen LogP contribution is -2.44. The van der Waals surface area contributed by atoms with Gasteiger partial charge in [0.2, 0.25) is 0 Å². The third kappa shape index (κ3) is 3.30. The number of aryl methyl sites for hydroxylation is 1. The van der Waals surface area contributed by atoms with Gasteiger partial charge in [-0.05, 0) is 43.1 Å². The van der Waals surface area contributed by atoms with Crippen molar-refractivity contribution in [3.05, 3.63) is 41.9 Å². The molecule has 1 aromatic carbocycles. The molecule has 7 nitrogen and oxygen atoms in total. The Kier molecular flexibility index (Phi) is 4.85. The predicted octanol–water partition coefficient (Wildman–Crippen LogP) is 3.26. The molecule has 0 radical (unpaired) electrons. The number of fused-ring (bicyclic) bond motifs is 2. The Balaban J connectivity index is 1.62. The highest BCUT2D eigenvalue weighted by Crippen LogP contribution is 2.42. The van der Waals surface area contributed by atoms with E-state index in [1.54, 1.807) is 18.4 Å². The highest BCUT2D eigenvalue weighted by atomic mass is 32.1. The lowest BCUT2D eigenvalue weighted by atomic mass is 10.1. The number of anilines is 1. The van der Waals surface area contributed by atoms with Gasteiger partial charge in [-0.1, -0.05) is 6.07 Å². The fourth-order valence-corrected chi connectivity index (χ4v) is 5.37. The summed E-state index contributed by atoms with van der Waals surface area (Å²) < 4.78 is 8.74. The molecule has 0 unspecified atom stereocenters. The van der Waals surface area contributed by atoms with Crippen LogP contribution in [0.4, 0.5) is 5.82 Å². The minimum atomic E-state index is 0.505. The van der Waals surface area contributed by atoms with Crippen LogP contribution >= 0.6 is 11.3 Å². The first-order valence-corrected chi connectivity index (χ1v) is 11.0. The predicted molar refractivity (Wildman–Crippen MR) is 122 cm³/mol. The van der Waals surface area contributed by atoms with Crippen LogP contribution in [0.1, 0.15) is 11.3 Å². The van der Waals surface area contributed by atoms with E-state index >= 15 is 0 Å². The largest absolute Gasteiger partial charge is 0.495 e. The zero-order chi connectivity index (χ0) is 20.8. The molecule has 3 aromatic heterocycles. The second kappa shape index (κ2) is 7.54. The van der Waals surface area contributed by atoms with Crippen LogP contribution in [0.25, 0.3) is 26.0 Å². The molecule has 5 rings (SSSR count). The molecule has 4 aromatic rings. The number of piperazine rings is 1. The summed E-state index contributed by atoms with van der Waals surface area (Å²) in [4.78, 5) is 10.3. The Labute approximate surface area is 179 Å². The average Bonchev–Trinajstić information content (AvgIpc) is 3.31. The van der Waals surface area contributed by atoms with Gasteiger partial charge in [-0.25, -0.2) is 9.50 Å². The normalized spacial score (nSPS) is 16.0. The van der Waals surface area contributed by atoms with Crippen LogP contribution in [-0.4, -0.2) is 64.7 Å². The second-order valence-corrected chi connectivity index (χ2v) is 9.08. The van der Waals surface area contributed by atoms with Gasteiger partial charge >= 0.3 is 0 Å². The standard InChI is InChI=1S/C22H26N6OS/c1-14-8-15-10-19(30-21(15)18(9-14)29-3)17-11-16(12-27-6-4-26(2)5-7-27)28-20(17)22(23)24-13-25-28/h8-11,13H,4-7,12H2,1-3H3,(H2,23,24,25). The first-order chi connectivity index (χ1) is 14.5. The van der Waals surface area contributed by atoms with Crippen molar-refractivity contribution in [3.8, 4) is 16.2 Å². The summed E-state index contributed by atoms with van der Waals surface area (Å²) in [6, 6.07) is 8.72. The van der Waals surface area contributed by atoms with Gasteiger partial charge in [0.15, 0.2) is 5.82 Å². The molecule has 0 spiro atoms. The third-order valence-electron chi connectivity index (χ3n) is 5.85. The summed E-state index contributed by atoms with van der Waals surface area (Å²) in [5.41, 5.74) is 10.6. The minimum Gasteiger partial charge on any atom is -0.495 e. The number of likely N-dealkylation sites (N-methyl/N-ethyl adjacent to an activating group) is 1. The van der Waals surface area contributed by atoms with Gasteiger partial charge in [0.1, 0.15) is 17.6 Å². The molecule has 30 heavy (non-hydrogen) atoms. The number of hydrogen-bond donors (Lipinski definition) is 1. The van der Waals surface area contributed by atoms with E-state index in [4.69, 9.17) is 10.5 Å². The van der Waals surface area contributed by atoms with Gasteiger partial charge in [0.05, 0.1) is 17.5 Å². The molecule has 0 atom stereocenters. The van der Waals surface area contributed by atoms with E-state index in [0.717, 1.165) is 64.8 Å². The fourth-order valence-electron chi connectivity index (χ4n) is 4.22. The molecule has 4 heterocycles. The van der Waals surface area contributed by atoms with Crippen molar-refractivity contribution in [1.29, 1.82) is 0 Å². The maximum absolute atomic E-state index is 6.32. The minimum absolute atomic E-state index is 0.505. The molecule has 0 bridgehead atoms. The zero-order valence-electron chi connectivity index (χ0n) is 17.6. The fraction of sp³-hybridized carbons (Fsp3) is 0.364. The molecule has 0 amide bonds. The first kappa shape index (κ1) is 19.3. The van der Waals surface area contributed by atoms with Crippen LogP contribution in [0, 0.1) is 6.92 Å². The summed E-state index contributed by atoms with van der Waals surface area (Å²) in [6.07, 6.45) is 1.54. The lowest BCUT2D eigenvalue weighted by Gasteiger charge is -2.32. The van der Waals surface area contributed by atoms with E-state index in [1.165, 1.54) is 17.3 Å². The Morgan fingerprint density at radius 3 is 2.70 bits per heavy atom. The van der Waals surface area contributed by atoms with Gasteiger partial charge in [0, 0.05) is 43.2 Å². The van der Waals surface area contributed by atoms with Crippen molar-refractivity contribution in [3.63, 3.8) is 0 Å². The number of thiophene rings is 1. The van der Waals surface area contributed by atoms with Crippen LogP contribution in [0.2, 0.25) is 0 Å². The van der Waals surface area contributed by atoms with Gasteiger partial charge in [-0.3, -0.25) is 4.90 Å². The molecule has 156 valence electrons. The summed E-state index contributed by atoms with van der Waals surface area (Å²) in [6.45, 7) is 7.22. The van der Waals surface area contributed by atoms with Gasteiger partial charge in [-0.2, -0.15) is 5.10 Å². The van der Waals surface area contributed by atoms with E-state index in [9.17, 15) is 0 Å². The molecule has 1 fully saturated rings. The third-order valence-corrected chi connectivity index (χ3v) is 7.05. The summed E-state index contributed by atoms with van der Waals surface area (Å²) in [7, 11) is 3.90. The monoisotopic (exact) mass is 422 g/mol. The van der Waals surface area contributed by atoms with Crippen LogP contribution in [0.5, 0.6) is 5.75 Å². The van der Waals surface area contributed by atoms with Crippen LogP contribution in [-0.2, 0) is 6.54 Å². The number of aromatic nitrogens is 3. The van der Waals surface area contributed by atoms with Crippen LogP contribution < -0.4 is 10.5 Å². The van der Waals surface area contributed by atoms with E-state index in [2.05, 4.69) is 58.1 Å². The first-order valence-electron chi connectivity index (χ1n) is 10.1. The Morgan fingerprint density at radius 1 is 1.13 bits per heavy atom. The van der Waals surface area contributed by atoms with Crippen molar-refractivity contribution in [2.45, 2.75) is 13.5 Å². The van der Waals surface area contributed by atoms with E-state index in [1.807, 2.05) is 4.52 Å². The number of benzene rings is 1. The molecule has 1 saturated heterocycles. The lowest BCUT2D eigenvalue weighted by molar-refractivity contribution is 0.146. The number of nitrogens with two attached hydrogens (primary N) is 1. The van der Waals surface area contributed by atoms with Crippen molar-refractivity contribution < 1.29 is 4.74 Å². The average molecular weight is 423 g/mol. The number of nitrogen functional groups attached to an aromatic ring is 1. The number of nitrogens with zero attached hydrogens (tertiary/aromatic N) is 5. The Bertz CT molecular complexity index is 1220. The Hall–Kier alpha value is -2.68. The van der Waals surface area contributed by atoms with Gasteiger partial charge < -0.3 is 15.4 Å². The smallest absolute Gasteiger partial charge is 0.152 e. The molecule has 0 saturated carbocycles. The van der Waals surface area contributed by atoms with Crippen molar-refractivity contribution in [2.75, 3.05) is 46.1 Å². The van der Waals surface area contributed by atoms with E-state index in [0.29, 0.717) is 5.82 Å². The highest BCUT2D eigenvalue weighted by molar-refractivity contribution is 7.22. The van der Waals surface area contributed by atoms with Crippen molar-refractivity contribution in [2.24, 2.45) is 0 Å². The molecule has 2 N–H and O–H groups in total. The molecule has 0 aliphatic carbocycles. The SMILES string of the molecule is COc1cc(C)cc2cc(-c3cc(CN4CCN(C)CC4)n4ncnc(N)c34)sc12. The van der Waals surface area contributed by atoms with E-state index < -0.39 is 0 Å². The van der Waals surface area contributed by atoms with E-state index in [-0.39, 0.29) is 0 Å². The Morgan fingerprint density at radius 2 is 1.93 bits per heavy atom. The molecular weight excluding hydrogens is 396 g/mol. The number of methoxy groups -OCH3 is 1. The number of hydrogen-bond acceptors (Lipinski definition) is 7. The molecular formula is C22H26N6OS. The van der Waals surface area contributed by atoms with Crippen LogP contribution in [0.15, 0.2) is 30.6 Å². The molecule has 1 aliphatic heterocycles. The number of ether oxygens (including phenoxy) is 1. The van der Waals surface area contributed by atoms with Gasteiger partial charge in [-0.15, -0.1) is 11.3 Å². The topological polar surface area (TPSA) is 71.9 Å². The number of rotatable bonds is 4. The van der Waals surface area contributed by atoms with Crippen LogP contribution in [0.3, 0.4) is 0 Å². The summed E-state index contributed by atoms with van der Waals surface area (Å²) in [5.74, 6) is 1.41. The maximum atomic E-state index is 6.32. The zero-order valence-corrected chi connectivity index (χ0v) is 18.4. The van der Waals surface area contributed by atoms with Crippen molar-refractivity contribution in [1.82, 2.24) is 24.4 Å². The quantitative estimate of drug-likeness (QED) is 0.544.